The van der Waals surface area contributed by atoms with E-state index in [0.29, 0.717) is 19.4 Å². The van der Waals surface area contributed by atoms with Crippen molar-refractivity contribution in [3.63, 3.8) is 0 Å². The molecule has 1 heterocycles. The van der Waals surface area contributed by atoms with Crippen molar-refractivity contribution in [3.05, 3.63) is 0 Å². The van der Waals surface area contributed by atoms with Crippen molar-refractivity contribution >= 4 is 24.2 Å². The van der Waals surface area contributed by atoms with E-state index in [0.717, 1.165) is 0 Å². The van der Waals surface area contributed by atoms with Gasteiger partial charge >= 0.3 is 0 Å². The fourth-order valence-electron chi connectivity index (χ4n) is 1.89. The third-order valence-corrected chi connectivity index (χ3v) is 3.35. The van der Waals surface area contributed by atoms with Crippen molar-refractivity contribution in [2.45, 2.75) is 53.5 Å². The normalized spacial score (nSPS) is 21.6. The maximum Gasteiger partial charge on any atom is 0.229 e. The molecule has 0 aromatic heterocycles. The summed E-state index contributed by atoms with van der Waals surface area (Å²) < 4.78 is 0. The van der Waals surface area contributed by atoms with Gasteiger partial charge in [-0.1, -0.05) is 34.6 Å². The highest BCUT2D eigenvalue weighted by Gasteiger charge is 2.38. The van der Waals surface area contributed by atoms with Crippen molar-refractivity contribution in [2.75, 3.05) is 6.54 Å². The summed E-state index contributed by atoms with van der Waals surface area (Å²) in [6.45, 7) is 10.3. The molecule has 4 nitrogen and oxygen atoms in total. The SMILES string of the molecule is CC1(C)CC(=O)N(C[C@@H](N)C(C)(C)C)C(=O)C1.Cl. The second-order valence-corrected chi connectivity index (χ2v) is 6.89. The molecule has 1 aliphatic heterocycles. The first kappa shape index (κ1) is 17.4. The van der Waals surface area contributed by atoms with Gasteiger partial charge in [-0.25, -0.2) is 0 Å². The summed E-state index contributed by atoms with van der Waals surface area (Å²) in [6.07, 6.45) is 0.852. The number of carbonyl (C=O) groups excluding carboxylic acids is 2. The molecule has 0 saturated carbocycles. The second kappa shape index (κ2) is 5.57. The van der Waals surface area contributed by atoms with Crippen LogP contribution in [0, 0.1) is 10.8 Å². The Kier molecular flexibility index (Phi) is 5.39. The van der Waals surface area contributed by atoms with Gasteiger partial charge in [-0.2, -0.15) is 0 Å². The molecule has 5 heteroatoms. The first-order chi connectivity index (χ1) is 7.53. The summed E-state index contributed by atoms with van der Waals surface area (Å²) in [5.41, 5.74) is 5.71. The zero-order chi connectivity index (χ0) is 13.4. The number of likely N-dealkylation sites (tertiary alicyclic amines) is 1. The molecule has 0 aromatic carbocycles. The number of piperidine rings is 1. The third-order valence-electron chi connectivity index (χ3n) is 3.35. The monoisotopic (exact) mass is 276 g/mol. The number of hydrogen-bond donors (Lipinski definition) is 1. The van der Waals surface area contributed by atoms with Gasteiger partial charge in [-0.15, -0.1) is 12.4 Å². The maximum atomic E-state index is 11.9. The van der Waals surface area contributed by atoms with E-state index in [9.17, 15) is 9.59 Å². The second-order valence-electron chi connectivity index (χ2n) is 6.89. The molecule has 0 spiro atoms. The minimum atomic E-state index is -0.212. The van der Waals surface area contributed by atoms with Gasteiger partial charge < -0.3 is 5.73 Å². The van der Waals surface area contributed by atoms with Gasteiger partial charge in [0, 0.05) is 25.4 Å². The molecule has 0 bridgehead atoms. The van der Waals surface area contributed by atoms with Crippen LogP contribution in [-0.2, 0) is 9.59 Å². The lowest BCUT2D eigenvalue weighted by molar-refractivity contribution is -0.153. The Labute approximate surface area is 116 Å². The lowest BCUT2D eigenvalue weighted by atomic mass is 9.80. The van der Waals surface area contributed by atoms with Gasteiger partial charge in [0.15, 0.2) is 0 Å². The van der Waals surface area contributed by atoms with Gasteiger partial charge in [0.2, 0.25) is 11.8 Å². The van der Waals surface area contributed by atoms with Crippen LogP contribution in [0.15, 0.2) is 0 Å². The standard InChI is InChI=1S/C13H24N2O2.ClH/c1-12(2,3)9(14)8-15-10(16)6-13(4,5)7-11(15)17;/h9H,6-8,14H2,1-5H3;1H/t9-;/m1./s1. The van der Waals surface area contributed by atoms with Crippen LogP contribution in [0.25, 0.3) is 0 Å². The lowest BCUT2D eigenvalue weighted by Crippen LogP contribution is -2.53. The molecule has 0 aromatic rings. The van der Waals surface area contributed by atoms with E-state index in [-0.39, 0.29) is 41.1 Å². The molecular weight excluding hydrogens is 252 g/mol. The van der Waals surface area contributed by atoms with Crippen LogP contribution in [0.5, 0.6) is 0 Å². The first-order valence-corrected chi connectivity index (χ1v) is 6.12. The average molecular weight is 277 g/mol. The summed E-state index contributed by atoms with van der Waals surface area (Å²) >= 11 is 0. The molecule has 0 radical (unpaired) electrons. The molecule has 1 aliphatic rings. The van der Waals surface area contributed by atoms with E-state index >= 15 is 0 Å². The highest BCUT2D eigenvalue weighted by molar-refractivity contribution is 5.98. The zero-order valence-corrected chi connectivity index (χ0v) is 12.8. The third kappa shape index (κ3) is 4.25. The molecular formula is C13H25ClN2O2. The summed E-state index contributed by atoms with van der Waals surface area (Å²) in [7, 11) is 0. The highest BCUT2D eigenvalue weighted by atomic mass is 35.5. The molecule has 2 N–H and O–H groups in total. The minimum Gasteiger partial charge on any atom is -0.326 e. The van der Waals surface area contributed by atoms with Crippen molar-refractivity contribution < 1.29 is 9.59 Å². The van der Waals surface area contributed by atoms with Gasteiger partial charge in [0.05, 0.1) is 0 Å². The molecule has 1 fully saturated rings. The van der Waals surface area contributed by atoms with E-state index in [4.69, 9.17) is 5.73 Å². The van der Waals surface area contributed by atoms with Crippen molar-refractivity contribution in [1.82, 2.24) is 4.90 Å². The lowest BCUT2D eigenvalue weighted by Gasteiger charge is -2.38. The van der Waals surface area contributed by atoms with Crippen LogP contribution in [0.2, 0.25) is 0 Å². The molecule has 2 amide bonds. The first-order valence-electron chi connectivity index (χ1n) is 6.12. The molecule has 0 unspecified atom stereocenters. The van der Waals surface area contributed by atoms with Crippen LogP contribution in [0.3, 0.4) is 0 Å². The van der Waals surface area contributed by atoms with E-state index < -0.39 is 0 Å². The van der Waals surface area contributed by atoms with Crippen LogP contribution in [-0.4, -0.2) is 29.3 Å². The number of carbonyl (C=O) groups is 2. The quantitative estimate of drug-likeness (QED) is 0.784. The Morgan fingerprint density at radius 1 is 1.22 bits per heavy atom. The summed E-state index contributed by atoms with van der Waals surface area (Å²) in [6, 6.07) is -0.184. The van der Waals surface area contributed by atoms with E-state index in [1.165, 1.54) is 4.90 Å². The van der Waals surface area contributed by atoms with Crippen LogP contribution in [0.1, 0.15) is 47.5 Å². The Morgan fingerprint density at radius 2 is 1.61 bits per heavy atom. The van der Waals surface area contributed by atoms with Gasteiger partial charge in [-0.05, 0) is 10.8 Å². The topological polar surface area (TPSA) is 63.4 Å². The summed E-state index contributed by atoms with van der Waals surface area (Å²) in [5.74, 6) is -0.183. The number of nitrogens with two attached hydrogens (primary N) is 1. The van der Waals surface area contributed by atoms with Crippen molar-refractivity contribution in [1.29, 1.82) is 0 Å². The van der Waals surface area contributed by atoms with E-state index in [1.54, 1.807) is 0 Å². The smallest absolute Gasteiger partial charge is 0.229 e. The molecule has 1 saturated heterocycles. The Balaban J connectivity index is 0.00000289. The van der Waals surface area contributed by atoms with Crippen molar-refractivity contribution in [3.8, 4) is 0 Å². The summed E-state index contributed by atoms with van der Waals surface area (Å²) in [5, 5.41) is 0. The summed E-state index contributed by atoms with van der Waals surface area (Å²) in [4.78, 5) is 25.2. The van der Waals surface area contributed by atoms with Gasteiger partial charge in [0.25, 0.3) is 0 Å². The largest absolute Gasteiger partial charge is 0.326 e. The molecule has 0 aliphatic carbocycles. The fourth-order valence-corrected chi connectivity index (χ4v) is 1.89. The number of imide groups is 1. The van der Waals surface area contributed by atoms with Crippen LogP contribution < -0.4 is 5.73 Å². The van der Waals surface area contributed by atoms with E-state index in [1.807, 2.05) is 34.6 Å². The van der Waals surface area contributed by atoms with E-state index in [2.05, 4.69) is 0 Å². The predicted molar refractivity (Wildman–Crippen MR) is 74.4 cm³/mol. The molecule has 18 heavy (non-hydrogen) atoms. The number of rotatable bonds is 2. The number of hydrogen-bond acceptors (Lipinski definition) is 3. The molecule has 1 rings (SSSR count). The average Bonchev–Trinajstić information content (AvgIpc) is 2.07. The van der Waals surface area contributed by atoms with Crippen molar-refractivity contribution in [2.24, 2.45) is 16.6 Å². The van der Waals surface area contributed by atoms with Gasteiger partial charge in [-0.3, -0.25) is 14.5 Å². The predicted octanol–water partition coefficient (Wildman–Crippen LogP) is 1.96. The molecule has 1 atom stereocenters. The number of amides is 2. The van der Waals surface area contributed by atoms with Crippen LogP contribution in [0.4, 0.5) is 0 Å². The number of nitrogens with zero attached hydrogens (tertiary/aromatic N) is 1. The zero-order valence-electron chi connectivity index (χ0n) is 11.9. The molecule has 106 valence electrons. The Morgan fingerprint density at radius 3 is 1.94 bits per heavy atom. The minimum absolute atomic E-state index is 0. The fraction of sp³-hybridized carbons (Fsp3) is 0.846. The Hall–Kier alpha value is -0.610. The van der Waals surface area contributed by atoms with Gasteiger partial charge in [0.1, 0.15) is 0 Å². The van der Waals surface area contributed by atoms with Crippen LogP contribution >= 0.6 is 12.4 Å². The highest BCUT2D eigenvalue weighted by Crippen LogP contribution is 2.32. The number of halogens is 1. The maximum absolute atomic E-state index is 11.9. The Bertz CT molecular complexity index is 314.